The Morgan fingerprint density at radius 2 is 1.87 bits per heavy atom. The van der Waals surface area contributed by atoms with Gasteiger partial charge in [0.1, 0.15) is 5.75 Å². The molecule has 0 saturated heterocycles. The second kappa shape index (κ2) is 8.99. The van der Waals surface area contributed by atoms with Crippen LogP contribution >= 0.6 is 27.7 Å². The summed E-state index contributed by atoms with van der Waals surface area (Å²) in [6.45, 7) is 3.93. The molecule has 0 aliphatic rings. The predicted octanol–water partition coefficient (Wildman–Crippen LogP) is 5.11. The summed E-state index contributed by atoms with van der Waals surface area (Å²) in [4.78, 5) is 12.1. The van der Waals surface area contributed by atoms with Crippen LogP contribution in [0.4, 0.5) is 5.69 Å². The number of halogens is 1. The van der Waals surface area contributed by atoms with Crippen LogP contribution in [0.2, 0.25) is 0 Å². The average Bonchev–Trinajstić information content (AvgIpc) is 2.51. The van der Waals surface area contributed by atoms with Crippen LogP contribution in [0.1, 0.15) is 19.4 Å². The Bertz CT molecular complexity index is 644. The van der Waals surface area contributed by atoms with E-state index in [2.05, 4.69) is 33.4 Å². The van der Waals surface area contributed by atoms with Crippen molar-refractivity contribution in [2.45, 2.75) is 25.7 Å². The van der Waals surface area contributed by atoms with E-state index < -0.39 is 0 Å². The smallest absolute Gasteiger partial charge is 0.234 e. The molecule has 0 atom stereocenters. The highest BCUT2D eigenvalue weighted by atomic mass is 79.9. The topological polar surface area (TPSA) is 38.3 Å². The number of carbonyl (C=O) groups excluding carboxylic acids is 1. The molecule has 0 radical (unpaired) electrons. The fraction of sp³-hybridized carbons (Fsp3) is 0.278. The first kappa shape index (κ1) is 17.9. The molecule has 2 aromatic carbocycles. The molecular weight excluding hydrogens is 374 g/mol. The van der Waals surface area contributed by atoms with E-state index in [-0.39, 0.29) is 12.0 Å². The first-order valence-corrected chi connectivity index (χ1v) is 9.37. The van der Waals surface area contributed by atoms with Crippen molar-refractivity contribution in [1.82, 2.24) is 0 Å². The van der Waals surface area contributed by atoms with E-state index in [1.807, 2.05) is 50.2 Å². The monoisotopic (exact) mass is 393 g/mol. The van der Waals surface area contributed by atoms with Crippen molar-refractivity contribution < 1.29 is 9.53 Å². The molecule has 23 heavy (non-hydrogen) atoms. The highest BCUT2D eigenvalue weighted by Gasteiger charge is 2.09. The maximum Gasteiger partial charge on any atom is 0.234 e. The zero-order chi connectivity index (χ0) is 16.7. The summed E-state index contributed by atoms with van der Waals surface area (Å²) in [6, 6.07) is 15.6. The molecule has 122 valence electrons. The molecule has 0 aromatic heterocycles. The minimum atomic E-state index is -0.0214. The summed E-state index contributed by atoms with van der Waals surface area (Å²) in [7, 11) is 0. The number of carbonyl (C=O) groups is 1. The predicted molar refractivity (Wildman–Crippen MR) is 101 cm³/mol. The molecule has 0 fully saturated rings. The first-order valence-electron chi connectivity index (χ1n) is 7.42. The van der Waals surface area contributed by atoms with Crippen molar-refractivity contribution in [3.05, 3.63) is 58.6 Å². The molecule has 2 rings (SSSR count). The van der Waals surface area contributed by atoms with E-state index in [9.17, 15) is 4.79 Å². The van der Waals surface area contributed by atoms with E-state index in [0.29, 0.717) is 11.5 Å². The zero-order valence-corrected chi connectivity index (χ0v) is 15.6. The second-order valence-corrected chi connectivity index (χ2v) is 7.23. The molecule has 1 amide bonds. The number of ether oxygens (including phenoxy) is 1. The number of anilines is 1. The van der Waals surface area contributed by atoms with Gasteiger partial charge in [-0.25, -0.2) is 0 Å². The zero-order valence-electron chi connectivity index (χ0n) is 13.2. The highest BCUT2D eigenvalue weighted by Crippen LogP contribution is 2.25. The molecular formula is C18H20BrNO2S. The normalized spacial score (nSPS) is 10.6. The molecule has 1 N–H and O–H groups in total. The molecule has 2 aromatic rings. The van der Waals surface area contributed by atoms with E-state index in [0.717, 1.165) is 15.9 Å². The SMILES string of the molecule is CC(C)Oc1ccccc1NC(=O)CSCc1ccc(Br)cc1. The first-order chi connectivity index (χ1) is 11.0. The quantitative estimate of drug-likeness (QED) is 0.710. The van der Waals surface area contributed by atoms with Gasteiger partial charge in [-0.3, -0.25) is 4.79 Å². The van der Waals surface area contributed by atoms with Gasteiger partial charge in [-0.15, -0.1) is 11.8 Å². The average molecular weight is 394 g/mol. The maximum absolute atomic E-state index is 12.1. The van der Waals surface area contributed by atoms with E-state index in [1.54, 1.807) is 11.8 Å². The number of rotatable bonds is 7. The fourth-order valence-corrected chi connectivity index (χ4v) is 3.01. The number of nitrogens with one attached hydrogen (secondary N) is 1. The van der Waals surface area contributed by atoms with Gasteiger partial charge in [0.15, 0.2) is 0 Å². The summed E-state index contributed by atoms with van der Waals surface area (Å²) in [5.74, 6) is 1.90. The fourth-order valence-electron chi connectivity index (χ4n) is 1.96. The number of benzene rings is 2. The number of para-hydroxylation sites is 2. The van der Waals surface area contributed by atoms with Crippen LogP contribution in [0, 0.1) is 0 Å². The third kappa shape index (κ3) is 6.28. The Hall–Kier alpha value is -1.46. The van der Waals surface area contributed by atoms with Crippen molar-refractivity contribution in [3.63, 3.8) is 0 Å². The minimum absolute atomic E-state index is 0.0214. The summed E-state index contributed by atoms with van der Waals surface area (Å²) in [6.07, 6.45) is 0.0693. The lowest BCUT2D eigenvalue weighted by atomic mass is 10.2. The van der Waals surface area contributed by atoms with Gasteiger partial charge in [0.25, 0.3) is 0 Å². The van der Waals surface area contributed by atoms with Crippen LogP contribution in [-0.2, 0) is 10.5 Å². The van der Waals surface area contributed by atoms with Gasteiger partial charge in [-0.05, 0) is 43.7 Å². The number of hydrogen-bond acceptors (Lipinski definition) is 3. The van der Waals surface area contributed by atoms with Gasteiger partial charge < -0.3 is 10.1 Å². The third-order valence-corrected chi connectivity index (χ3v) is 4.47. The molecule has 0 aliphatic carbocycles. The van der Waals surface area contributed by atoms with Crippen molar-refractivity contribution in [1.29, 1.82) is 0 Å². The van der Waals surface area contributed by atoms with Gasteiger partial charge in [0.2, 0.25) is 5.91 Å². The van der Waals surface area contributed by atoms with Crippen LogP contribution in [-0.4, -0.2) is 17.8 Å². The van der Waals surface area contributed by atoms with E-state index in [1.165, 1.54) is 5.56 Å². The largest absolute Gasteiger partial charge is 0.489 e. The van der Waals surface area contributed by atoms with Gasteiger partial charge in [0, 0.05) is 10.2 Å². The maximum atomic E-state index is 12.1. The van der Waals surface area contributed by atoms with Crippen molar-refractivity contribution >= 4 is 39.3 Å². The summed E-state index contributed by atoms with van der Waals surface area (Å²) < 4.78 is 6.77. The van der Waals surface area contributed by atoms with Crippen LogP contribution in [0.15, 0.2) is 53.0 Å². The summed E-state index contributed by atoms with van der Waals surface area (Å²) in [5.41, 5.74) is 1.92. The molecule has 0 saturated carbocycles. The minimum Gasteiger partial charge on any atom is -0.489 e. The number of thioether (sulfide) groups is 1. The second-order valence-electron chi connectivity index (χ2n) is 5.33. The summed E-state index contributed by atoms with van der Waals surface area (Å²) in [5, 5.41) is 2.92. The number of hydrogen-bond donors (Lipinski definition) is 1. The lowest BCUT2D eigenvalue weighted by Crippen LogP contribution is -2.16. The van der Waals surface area contributed by atoms with Crippen molar-refractivity contribution in [3.8, 4) is 5.75 Å². The molecule has 0 aliphatic heterocycles. The lowest BCUT2D eigenvalue weighted by molar-refractivity contribution is -0.113. The number of amides is 1. The molecule has 5 heteroatoms. The van der Waals surface area contributed by atoms with Crippen LogP contribution in [0.25, 0.3) is 0 Å². The Morgan fingerprint density at radius 1 is 1.17 bits per heavy atom. The van der Waals surface area contributed by atoms with Gasteiger partial charge in [0.05, 0.1) is 17.5 Å². The molecule has 0 unspecified atom stereocenters. The van der Waals surface area contributed by atoms with Gasteiger partial charge >= 0.3 is 0 Å². The highest BCUT2D eigenvalue weighted by molar-refractivity contribution is 9.10. The van der Waals surface area contributed by atoms with E-state index in [4.69, 9.17) is 4.74 Å². The molecule has 3 nitrogen and oxygen atoms in total. The summed E-state index contributed by atoms with van der Waals surface area (Å²) >= 11 is 5.01. The van der Waals surface area contributed by atoms with Crippen LogP contribution in [0.3, 0.4) is 0 Å². The Kier molecular flexibility index (Phi) is 6.99. The van der Waals surface area contributed by atoms with E-state index >= 15 is 0 Å². The van der Waals surface area contributed by atoms with Crippen LogP contribution < -0.4 is 10.1 Å². The Balaban J connectivity index is 1.84. The Morgan fingerprint density at radius 3 is 2.57 bits per heavy atom. The van der Waals surface area contributed by atoms with Gasteiger partial charge in [-0.2, -0.15) is 0 Å². The van der Waals surface area contributed by atoms with Gasteiger partial charge in [-0.1, -0.05) is 40.2 Å². The Labute approximate surface area is 149 Å². The third-order valence-electron chi connectivity index (χ3n) is 2.94. The van der Waals surface area contributed by atoms with Crippen molar-refractivity contribution in [2.24, 2.45) is 0 Å². The van der Waals surface area contributed by atoms with Crippen LogP contribution in [0.5, 0.6) is 5.75 Å². The lowest BCUT2D eigenvalue weighted by Gasteiger charge is -2.14. The van der Waals surface area contributed by atoms with Crippen molar-refractivity contribution in [2.75, 3.05) is 11.1 Å². The standard InChI is InChI=1S/C18H20BrNO2S/c1-13(2)22-17-6-4-3-5-16(17)20-18(21)12-23-11-14-7-9-15(19)10-8-14/h3-10,13H,11-12H2,1-2H3,(H,20,21). The molecule has 0 spiro atoms. The molecule has 0 heterocycles. The molecule has 0 bridgehead atoms.